The molecular formula is C16H21ClN2O3. The highest BCUT2D eigenvalue weighted by atomic mass is 35.5. The Balaban J connectivity index is 1.84. The molecule has 0 bridgehead atoms. The van der Waals surface area contributed by atoms with Crippen LogP contribution in [0, 0.1) is 5.92 Å². The van der Waals surface area contributed by atoms with Crippen molar-refractivity contribution in [1.29, 1.82) is 0 Å². The molecule has 0 radical (unpaired) electrons. The van der Waals surface area contributed by atoms with E-state index in [-0.39, 0.29) is 18.2 Å². The maximum atomic E-state index is 12.2. The van der Waals surface area contributed by atoms with Crippen LogP contribution in [-0.4, -0.2) is 48.1 Å². The second kappa shape index (κ2) is 7.49. The highest BCUT2D eigenvalue weighted by Gasteiger charge is 2.23. The van der Waals surface area contributed by atoms with Crippen molar-refractivity contribution in [2.75, 3.05) is 31.1 Å². The maximum Gasteiger partial charge on any atom is 0.303 e. The van der Waals surface area contributed by atoms with Gasteiger partial charge in [0.2, 0.25) is 5.91 Å². The Labute approximate surface area is 135 Å². The number of aliphatic carboxylic acids is 1. The van der Waals surface area contributed by atoms with Crippen LogP contribution >= 0.6 is 11.6 Å². The van der Waals surface area contributed by atoms with Gasteiger partial charge in [-0.15, -0.1) is 0 Å². The Bertz CT molecular complexity index is 542. The lowest BCUT2D eigenvalue weighted by Crippen LogP contribution is -2.49. The largest absolute Gasteiger partial charge is 0.481 e. The molecule has 22 heavy (non-hydrogen) atoms. The second-order valence-corrected chi connectivity index (χ2v) is 6.19. The van der Waals surface area contributed by atoms with E-state index in [1.165, 1.54) is 0 Å². The van der Waals surface area contributed by atoms with Gasteiger partial charge in [-0.3, -0.25) is 9.59 Å². The topological polar surface area (TPSA) is 60.9 Å². The Morgan fingerprint density at radius 3 is 2.50 bits per heavy atom. The zero-order valence-corrected chi connectivity index (χ0v) is 13.4. The zero-order valence-electron chi connectivity index (χ0n) is 12.7. The third-order valence-electron chi connectivity index (χ3n) is 3.85. The Hall–Kier alpha value is -1.75. The van der Waals surface area contributed by atoms with E-state index in [9.17, 15) is 9.59 Å². The van der Waals surface area contributed by atoms with Gasteiger partial charge in [0.1, 0.15) is 0 Å². The minimum Gasteiger partial charge on any atom is -0.481 e. The van der Waals surface area contributed by atoms with Gasteiger partial charge < -0.3 is 14.9 Å². The first kappa shape index (κ1) is 16.6. The fraction of sp³-hybridized carbons (Fsp3) is 0.500. The molecular weight excluding hydrogens is 304 g/mol. The van der Waals surface area contributed by atoms with E-state index in [0.29, 0.717) is 24.5 Å². The summed E-state index contributed by atoms with van der Waals surface area (Å²) in [7, 11) is 0. The van der Waals surface area contributed by atoms with Crippen molar-refractivity contribution < 1.29 is 14.7 Å². The van der Waals surface area contributed by atoms with Crippen molar-refractivity contribution in [2.45, 2.75) is 19.8 Å². The minimum atomic E-state index is -0.855. The van der Waals surface area contributed by atoms with Crippen LogP contribution in [0.15, 0.2) is 24.3 Å². The number of hydrogen-bond acceptors (Lipinski definition) is 3. The van der Waals surface area contributed by atoms with E-state index >= 15 is 0 Å². The summed E-state index contributed by atoms with van der Waals surface area (Å²) < 4.78 is 0. The monoisotopic (exact) mass is 324 g/mol. The lowest BCUT2D eigenvalue weighted by atomic mass is 10.0. The summed E-state index contributed by atoms with van der Waals surface area (Å²) in [6.07, 6.45) is 0.331. The van der Waals surface area contributed by atoms with Crippen molar-refractivity contribution in [3.63, 3.8) is 0 Å². The number of piperazine rings is 1. The van der Waals surface area contributed by atoms with Crippen LogP contribution in [0.2, 0.25) is 5.02 Å². The summed E-state index contributed by atoms with van der Waals surface area (Å²) in [6.45, 7) is 4.64. The molecule has 1 saturated heterocycles. The first-order chi connectivity index (χ1) is 10.5. The molecule has 1 atom stereocenters. The number of amides is 1. The molecule has 1 aliphatic heterocycles. The summed E-state index contributed by atoms with van der Waals surface area (Å²) in [5, 5.41) is 9.45. The molecule has 1 heterocycles. The van der Waals surface area contributed by atoms with Crippen molar-refractivity contribution in [2.24, 2.45) is 5.92 Å². The lowest BCUT2D eigenvalue weighted by molar-refractivity contribution is -0.138. The van der Waals surface area contributed by atoms with Crippen LogP contribution in [0.3, 0.4) is 0 Å². The number of carbonyl (C=O) groups excluding carboxylic acids is 1. The molecule has 1 N–H and O–H groups in total. The van der Waals surface area contributed by atoms with Gasteiger partial charge in [-0.05, 0) is 24.1 Å². The molecule has 0 saturated carbocycles. The Morgan fingerprint density at radius 2 is 1.91 bits per heavy atom. The fourth-order valence-corrected chi connectivity index (χ4v) is 2.87. The number of nitrogens with zero attached hydrogens (tertiary/aromatic N) is 2. The molecule has 1 aromatic rings. The van der Waals surface area contributed by atoms with Gasteiger partial charge in [-0.25, -0.2) is 0 Å². The second-order valence-electron chi connectivity index (χ2n) is 5.75. The standard InChI is InChI=1S/C16H21ClN2O3/c1-12(10-16(21)22)9-15(20)19-7-5-18(6-8-19)14-4-2-3-13(17)11-14/h2-4,11-12H,5-10H2,1H3,(H,21,22)/t12-/m1/s1. The highest BCUT2D eigenvalue weighted by molar-refractivity contribution is 6.30. The molecule has 120 valence electrons. The summed E-state index contributed by atoms with van der Waals surface area (Å²) >= 11 is 6.00. The van der Waals surface area contributed by atoms with Crippen LogP contribution in [-0.2, 0) is 9.59 Å². The molecule has 1 aromatic carbocycles. The predicted octanol–water partition coefficient (Wildman–Crippen LogP) is 2.49. The van der Waals surface area contributed by atoms with Gasteiger partial charge in [0, 0.05) is 49.7 Å². The average molecular weight is 325 g/mol. The summed E-state index contributed by atoms with van der Waals surface area (Å²) in [5.41, 5.74) is 1.07. The normalized spacial score (nSPS) is 16.5. The van der Waals surface area contributed by atoms with Gasteiger partial charge in [0.05, 0.1) is 0 Å². The van der Waals surface area contributed by atoms with Gasteiger partial charge in [0.25, 0.3) is 0 Å². The molecule has 1 aliphatic rings. The Kier molecular flexibility index (Phi) is 5.66. The van der Waals surface area contributed by atoms with Gasteiger partial charge >= 0.3 is 5.97 Å². The third-order valence-corrected chi connectivity index (χ3v) is 4.09. The van der Waals surface area contributed by atoms with Crippen molar-refractivity contribution >= 4 is 29.2 Å². The summed E-state index contributed by atoms with van der Waals surface area (Å²) in [6, 6.07) is 7.70. The smallest absolute Gasteiger partial charge is 0.303 e. The van der Waals surface area contributed by atoms with E-state index < -0.39 is 5.97 Å². The van der Waals surface area contributed by atoms with E-state index in [0.717, 1.165) is 18.8 Å². The number of halogens is 1. The molecule has 0 spiro atoms. The van der Waals surface area contributed by atoms with Crippen molar-refractivity contribution in [3.05, 3.63) is 29.3 Å². The van der Waals surface area contributed by atoms with E-state index in [1.54, 1.807) is 6.92 Å². The first-order valence-electron chi connectivity index (χ1n) is 7.46. The van der Waals surface area contributed by atoms with Crippen molar-refractivity contribution in [1.82, 2.24) is 4.90 Å². The zero-order chi connectivity index (χ0) is 16.1. The fourth-order valence-electron chi connectivity index (χ4n) is 2.68. The van der Waals surface area contributed by atoms with Crippen LogP contribution in [0.1, 0.15) is 19.8 Å². The Morgan fingerprint density at radius 1 is 1.23 bits per heavy atom. The van der Waals surface area contributed by atoms with Gasteiger partial charge in [-0.1, -0.05) is 24.6 Å². The van der Waals surface area contributed by atoms with E-state index in [4.69, 9.17) is 16.7 Å². The maximum absolute atomic E-state index is 12.2. The molecule has 5 nitrogen and oxygen atoms in total. The SMILES string of the molecule is C[C@@H](CC(=O)O)CC(=O)N1CCN(c2cccc(Cl)c2)CC1. The van der Waals surface area contributed by atoms with E-state index in [1.807, 2.05) is 29.2 Å². The van der Waals surface area contributed by atoms with Gasteiger partial charge in [-0.2, -0.15) is 0 Å². The molecule has 0 aromatic heterocycles. The lowest BCUT2D eigenvalue weighted by Gasteiger charge is -2.36. The van der Waals surface area contributed by atoms with Gasteiger partial charge in [0.15, 0.2) is 0 Å². The number of carboxylic acid groups (broad SMARTS) is 1. The molecule has 1 amide bonds. The quantitative estimate of drug-likeness (QED) is 0.904. The average Bonchev–Trinajstić information content (AvgIpc) is 2.46. The highest BCUT2D eigenvalue weighted by Crippen LogP contribution is 2.21. The number of rotatable bonds is 5. The molecule has 1 fully saturated rings. The molecule has 0 unspecified atom stereocenters. The van der Waals surface area contributed by atoms with E-state index in [2.05, 4.69) is 4.90 Å². The van der Waals surface area contributed by atoms with Crippen molar-refractivity contribution in [3.8, 4) is 0 Å². The molecule has 0 aliphatic carbocycles. The van der Waals surface area contributed by atoms with Crippen LogP contribution in [0.25, 0.3) is 0 Å². The molecule has 6 heteroatoms. The number of hydrogen-bond donors (Lipinski definition) is 1. The number of carboxylic acids is 1. The number of carbonyl (C=O) groups is 2. The minimum absolute atomic E-state index is 0.0359. The number of anilines is 1. The number of benzene rings is 1. The summed E-state index contributed by atoms with van der Waals surface area (Å²) in [5.74, 6) is -0.943. The predicted molar refractivity (Wildman–Crippen MR) is 86.3 cm³/mol. The van der Waals surface area contributed by atoms with Crippen LogP contribution < -0.4 is 4.90 Å². The molecule has 2 rings (SSSR count). The third kappa shape index (κ3) is 4.63. The first-order valence-corrected chi connectivity index (χ1v) is 7.83. The van der Waals surface area contributed by atoms with Crippen LogP contribution in [0.5, 0.6) is 0 Å². The van der Waals surface area contributed by atoms with Crippen LogP contribution in [0.4, 0.5) is 5.69 Å². The summed E-state index contributed by atoms with van der Waals surface area (Å²) in [4.78, 5) is 26.9.